The van der Waals surface area contributed by atoms with E-state index in [1.807, 2.05) is 32.0 Å². The van der Waals surface area contributed by atoms with E-state index in [-0.39, 0.29) is 5.82 Å². The normalized spacial score (nSPS) is 10.8. The lowest BCUT2D eigenvalue weighted by molar-refractivity contribution is 0.628. The lowest BCUT2D eigenvalue weighted by Crippen LogP contribution is -1.97. The number of nitrogen functional groups attached to an aromatic ring is 1. The van der Waals surface area contributed by atoms with E-state index in [9.17, 15) is 4.39 Å². The first-order valence-electron chi connectivity index (χ1n) is 6.72. The van der Waals surface area contributed by atoms with Crippen molar-refractivity contribution in [2.45, 2.75) is 13.8 Å². The highest BCUT2D eigenvalue weighted by Gasteiger charge is 2.07. The molecule has 1 aromatic heterocycles. The maximum absolute atomic E-state index is 13.4. The second-order valence-electron chi connectivity index (χ2n) is 5.16. The number of halogens is 1. The van der Waals surface area contributed by atoms with Crippen LogP contribution in [0.3, 0.4) is 0 Å². The third-order valence-electron chi connectivity index (χ3n) is 3.54. The summed E-state index contributed by atoms with van der Waals surface area (Å²) in [6, 6.07) is 10.4. The van der Waals surface area contributed by atoms with Crippen LogP contribution in [0.2, 0.25) is 0 Å². The molecule has 3 N–H and O–H groups in total. The van der Waals surface area contributed by atoms with Gasteiger partial charge in [-0.05, 0) is 49.7 Å². The molecule has 21 heavy (non-hydrogen) atoms. The number of aryl methyl sites for hydroxylation is 2. The Morgan fingerprint density at radius 2 is 1.81 bits per heavy atom. The number of benzene rings is 2. The van der Waals surface area contributed by atoms with E-state index in [2.05, 4.69) is 10.3 Å². The highest BCUT2D eigenvalue weighted by atomic mass is 19.1. The van der Waals surface area contributed by atoms with Crippen molar-refractivity contribution in [3.05, 3.63) is 59.7 Å². The minimum absolute atomic E-state index is 0.263. The van der Waals surface area contributed by atoms with E-state index in [1.54, 1.807) is 12.3 Å². The van der Waals surface area contributed by atoms with E-state index in [4.69, 9.17) is 5.73 Å². The van der Waals surface area contributed by atoms with Crippen molar-refractivity contribution in [1.29, 1.82) is 0 Å². The van der Waals surface area contributed by atoms with Gasteiger partial charge in [0.25, 0.3) is 0 Å². The number of fused-ring (bicyclic) bond motifs is 1. The maximum atomic E-state index is 13.4. The molecule has 0 spiro atoms. The fourth-order valence-electron chi connectivity index (χ4n) is 2.35. The summed E-state index contributed by atoms with van der Waals surface area (Å²) in [5.41, 5.74) is 10.2. The first-order chi connectivity index (χ1) is 10.0. The number of nitrogens with two attached hydrogens (primary N) is 1. The molecule has 3 aromatic rings. The third-order valence-corrected chi connectivity index (χ3v) is 3.54. The van der Waals surface area contributed by atoms with Gasteiger partial charge in [0.1, 0.15) is 5.82 Å². The molecule has 0 radical (unpaired) electrons. The molecule has 3 rings (SSSR count). The number of rotatable bonds is 2. The minimum atomic E-state index is -0.263. The van der Waals surface area contributed by atoms with E-state index < -0.39 is 0 Å². The summed E-state index contributed by atoms with van der Waals surface area (Å²) in [6.45, 7) is 3.87. The average molecular weight is 281 g/mol. The van der Waals surface area contributed by atoms with Gasteiger partial charge in [0.15, 0.2) is 0 Å². The van der Waals surface area contributed by atoms with E-state index in [1.165, 1.54) is 12.1 Å². The van der Waals surface area contributed by atoms with Crippen LogP contribution in [0.15, 0.2) is 42.6 Å². The van der Waals surface area contributed by atoms with Crippen LogP contribution in [0.5, 0.6) is 0 Å². The van der Waals surface area contributed by atoms with Gasteiger partial charge in [-0.2, -0.15) is 0 Å². The van der Waals surface area contributed by atoms with Crippen molar-refractivity contribution in [3.8, 4) is 0 Å². The van der Waals surface area contributed by atoms with Crippen molar-refractivity contribution in [2.24, 2.45) is 0 Å². The van der Waals surface area contributed by atoms with E-state index >= 15 is 0 Å². The van der Waals surface area contributed by atoms with Crippen LogP contribution >= 0.6 is 0 Å². The lowest BCUT2D eigenvalue weighted by atomic mass is 10.1. The fraction of sp³-hybridized carbons (Fsp3) is 0.118. The Bertz CT molecular complexity index is 828. The van der Waals surface area contributed by atoms with Crippen LogP contribution in [-0.4, -0.2) is 4.98 Å². The molecule has 106 valence electrons. The highest BCUT2D eigenvalue weighted by Crippen LogP contribution is 2.31. The molecule has 0 atom stereocenters. The molecule has 0 aliphatic carbocycles. The van der Waals surface area contributed by atoms with Gasteiger partial charge < -0.3 is 11.1 Å². The van der Waals surface area contributed by atoms with E-state index in [0.717, 1.165) is 33.4 Å². The number of anilines is 3. The zero-order valence-electron chi connectivity index (χ0n) is 11.9. The monoisotopic (exact) mass is 281 g/mol. The Labute approximate surface area is 122 Å². The molecule has 4 heteroatoms. The molecule has 2 aromatic carbocycles. The molecule has 0 aliphatic rings. The Kier molecular flexibility index (Phi) is 3.22. The topological polar surface area (TPSA) is 50.9 Å². The zero-order valence-corrected chi connectivity index (χ0v) is 11.9. The molecule has 0 unspecified atom stereocenters. The van der Waals surface area contributed by atoms with Crippen molar-refractivity contribution in [1.82, 2.24) is 4.98 Å². The maximum Gasteiger partial charge on any atom is 0.125 e. The van der Waals surface area contributed by atoms with E-state index in [0.29, 0.717) is 5.69 Å². The molecule has 0 fully saturated rings. The molecule has 0 saturated heterocycles. The predicted molar refractivity (Wildman–Crippen MR) is 85.3 cm³/mol. The second kappa shape index (κ2) is 5.05. The summed E-state index contributed by atoms with van der Waals surface area (Å²) in [5.74, 6) is -0.263. The summed E-state index contributed by atoms with van der Waals surface area (Å²) < 4.78 is 13.4. The summed E-state index contributed by atoms with van der Waals surface area (Å²) in [5, 5.41) is 5.15. The average Bonchev–Trinajstić information content (AvgIpc) is 2.46. The van der Waals surface area contributed by atoms with Crippen molar-refractivity contribution in [3.63, 3.8) is 0 Å². The van der Waals surface area contributed by atoms with Crippen molar-refractivity contribution in [2.75, 3.05) is 11.1 Å². The molecule has 0 bridgehead atoms. The number of hydrogen-bond acceptors (Lipinski definition) is 3. The van der Waals surface area contributed by atoms with Gasteiger partial charge in [0, 0.05) is 39.7 Å². The van der Waals surface area contributed by atoms with Crippen molar-refractivity contribution < 1.29 is 4.39 Å². The SMILES string of the molecule is Cc1cc2c(Nc3cc(F)ccc3C)ccc(N)c2cn1. The number of aromatic nitrogens is 1. The van der Waals surface area contributed by atoms with Crippen LogP contribution in [0.1, 0.15) is 11.3 Å². The Morgan fingerprint density at radius 3 is 2.62 bits per heavy atom. The molecule has 0 aliphatic heterocycles. The lowest BCUT2D eigenvalue weighted by Gasteiger charge is -2.13. The summed E-state index contributed by atoms with van der Waals surface area (Å²) in [4.78, 5) is 4.28. The smallest absolute Gasteiger partial charge is 0.125 e. The van der Waals surface area contributed by atoms with Gasteiger partial charge in [0.2, 0.25) is 0 Å². The largest absolute Gasteiger partial charge is 0.398 e. The standard InChI is InChI=1S/C17H16FN3/c1-10-3-4-12(18)8-17(10)21-16-6-5-15(19)14-9-20-11(2)7-13(14)16/h3-9,21H,19H2,1-2H3. The fourth-order valence-corrected chi connectivity index (χ4v) is 2.35. The molecular weight excluding hydrogens is 265 g/mol. The molecule has 0 amide bonds. The van der Waals surface area contributed by atoms with Crippen LogP contribution in [0.4, 0.5) is 21.5 Å². The number of pyridine rings is 1. The third kappa shape index (κ3) is 2.52. The van der Waals surface area contributed by atoms with Crippen LogP contribution in [-0.2, 0) is 0 Å². The van der Waals surface area contributed by atoms with Crippen LogP contribution < -0.4 is 11.1 Å². The van der Waals surface area contributed by atoms with Gasteiger partial charge in [-0.1, -0.05) is 6.07 Å². The molecule has 0 saturated carbocycles. The first-order valence-corrected chi connectivity index (χ1v) is 6.72. The molecule has 3 nitrogen and oxygen atoms in total. The zero-order chi connectivity index (χ0) is 15.0. The van der Waals surface area contributed by atoms with Gasteiger partial charge in [-0.25, -0.2) is 4.39 Å². The minimum Gasteiger partial charge on any atom is -0.398 e. The first kappa shape index (κ1) is 13.4. The highest BCUT2D eigenvalue weighted by molar-refractivity contribution is 6.01. The Balaban J connectivity index is 2.14. The van der Waals surface area contributed by atoms with Gasteiger partial charge >= 0.3 is 0 Å². The van der Waals surface area contributed by atoms with Crippen LogP contribution in [0, 0.1) is 19.7 Å². The second-order valence-corrected chi connectivity index (χ2v) is 5.16. The quantitative estimate of drug-likeness (QED) is 0.688. The summed E-state index contributed by atoms with van der Waals surface area (Å²) in [6.07, 6.45) is 1.77. The van der Waals surface area contributed by atoms with Gasteiger partial charge in [0.05, 0.1) is 0 Å². The number of nitrogens with zero attached hydrogens (tertiary/aromatic N) is 1. The molecule has 1 heterocycles. The predicted octanol–water partition coefficient (Wildman–Crippen LogP) is 4.32. The molecular formula is C17H16FN3. The summed E-state index contributed by atoms with van der Waals surface area (Å²) >= 11 is 0. The summed E-state index contributed by atoms with van der Waals surface area (Å²) in [7, 11) is 0. The van der Waals surface area contributed by atoms with Crippen LogP contribution in [0.25, 0.3) is 10.8 Å². The number of nitrogens with one attached hydrogen (secondary N) is 1. The Morgan fingerprint density at radius 1 is 1.00 bits per heavy atom. The van der Waals surface area contributed by atoms with Gasteiger partial charge in [-0.15, -0.1) is 0 Å². The van der Waals surface area contributed by atoms with Crippen molar-refractivity contribution >= 4 is 27.8 Å². The Hall–Kier alpha value is -2.62. The number of hydrogen-bond donors (Lipinski definition) is 2. The van der Waals surface area contributed by atoms with Gasteiger partial charge in [-0.3, -0.25) is 4.98 Å².